The summed E-state index contributed by atoms with van der Waals surface area (Å²) in [5, 5.41) is 4.39. The van der Waals surface area contributed by atoms with Crippen LogP contribution in [-0.2, 0) is 17.9 Å². The van der Waals surface area contributed by atoms with E-state index in [1.54, 1.807) is 0 Å². The Balaban J connectivity index is 1.45. The van der Waals surface area contributed by atoms with Crippen molar-refractivity contribution in [3.05, 3.63) is 30.6 Å². The second kappa shape index (κ2) is 8.17. The fraction of sp³-hybridized carbons (Fsp3) is 0.727. The summed E-state index contributed by atoms with van der Waals surface area (Å²) in [6.45, 7) is 16.2. The van der Waals surface area contributed by atoms with Crippen LogP contribution in [0, 0.1) is 10.8 Å². The molecule has 0 aliphatic carbocycles. The molecular formula is C22H36N4O. The van der Waals surface area contributed by atoms with Gasteiger partial charge in [0.05, 0.1) is 12.7 Å². The number of carbonyl (C=O) groups excluding carboxylic acids is 1. The second-order valence-corrected chi connectivity index (χ2v) is 9.75. The molecule has 0 atom stereocenters. The predicted octanol–water partition coefficient (Wildman–Crippen LogP) is 3.71. The molecule has 0 saturated carbocycles. The minimum Gasteiger partial charge on any atom is -0.343 e. The molecule has 27 heavy (non-hydrogen) atoms. The molecular weight excluding hydrogens is 336 g/mol. The number of nitrogens with zero attached hydrogens (tertiary/aromatic N) is 4. The van der Waals surface area contributed by atoms with Gasteiger partial charge < -0.3 is 4.90 Å². The fourth-order valence-electron chi connectivity index (χ4n) is 4.46. The normalized spacial score (nSPS) is 20.8. The topological polar surface area (TPSA) is 41.4 Å². The van der Waals surface area contributed by atoms with Crippen LogP contribution in [0.3, 0.4) is 0 Å². The van der Waals surface area contributed by atoms with Gasteiger partial charge in [-0.1, -0.05) is 26.8 Å². The van der Waals surface area contributed by atoms with Crippen LogP contribution in [0.15, 0.2) is 25.0 Å². The highest BCUT2D eigenvalue weighted by Crippen LogP contribution is 2.41. The van der Waals surface area contributed by atoms with Gasteiger partial charge in [-0.05, 0) is 49.6 Å². The zero-order valence-corrected chi connectivity index (χ0v) is 17.4. The van der Waals surface area contributed by atoms with Gasteiger partial charge in [0.1, 0.15) is 0 Å². The maximum atomic E-state index is 12.5. The van der Waals surface area contributed by atoms with E-state index in [2.05, 4.69) is 48.4 Å². The van der Waals surface area contributed by atoms with Gasteiger partial charge in [0.25, 0.3) is 0 Å². The Morgan fingerprint density at radius 1 is 1.19 bits per heavy atom. The summed E-state index contributed by atoms with van der Waals surface area (Å²) in [5.74, 6) is 0.339. The standard InChI is InChI=1S/C22H36N4O/c1-5-10-26-18-19(16-23-26)17-24-11-6-22(7-12-24)8-13-25(14-9-22)20(27)15-21(2,3)4/h5,16,18H,1,6-15,17H2,2-4H3. The van der Waals surface area contributed by atoms with E-state index in [9.17, 15) is 4.79 Å². The third-order valence-electron chi connectivity index (χ3n) is 6.18. The number of piperidine rings is 2. The number of allylic oxidation sites excluding steroid dienone is 1. The van der Waals surface area contributed by atoms with Crippen molar-refractivity contribution in [3.8, 4) is 0 Å². The Hall–Kier alpha value is -1.62. The van der Waals surface area contributed by atoms with E-state index in [4.69, 9.17) is 0 Å². The van der Waals surface area contributed by atoms with Gasteiger partial charge in [0.2, 0.25) is 5.91 Å². The van der Waals surface area contributed by atoms with Gasteiger partial charge in [-0.15, -0.1) is 6.58 Å². The third-order valence-corrected chi connectivity index (χ3v) is 6.18. The number of hydrogen-bond acceptors (Lipinski definition) is 3. The second-order valence-electron chi connectivity index (χ2n) is 9.75. The van der Waals surface area contributed by atoms with Crippen molar-refractivity contribution in [1.82, 2.24) is 19.6 Å². The molecule has 1 aromatic rings. The molecule has 2 aliphatic rings. The average Bonchev–Trinajstić information content (AvgIpc) is 3.04. The first-order valence-electron chi connectivity index (χ1n) is 10.4. The minimum atomic E-state index is 0.0804. The Kier molecular flexibility index (Phi) is 6.09. The van der Waals surface area contributed by atoms with E-state index in [1.807, 2.05) is 17.0 Å². The number of rotatable bonds is 5. The van der Waals surface area contributed by atoms with Gasteiger partial charge in [-0.25, -0.2) is 0 Å². The lowest BCUT2D eigenvalue weighted by molar-refractivity contribution is -0.136. The van der Waals surface area contributed by atoms with E-state index in [0.29, 0.717) is 17.7 Å². The van der Waals surface area contributed by atoms with Crippen molar-refractivity contribution in [3.63, 3.8) is 0 Å². The molecule has 2 fully saturated rings. The highest BCUT2D eigenvalue weighted by molar-refractivity contribution is 5.76. The Bertz CT molecular complexity index is 640. The number of aromatic nitrogens is 2. The summed E-state index contributed by atoms with van der Waals surface area (Å²) in [7, 11) is 0. The lowest BCUT2D eigenvalue weighted by atomic mass is 9.71. The quantitative estimate of drug-likeness (QED) is 0.740. The molecule has 1 amide bonds. The Morgan fingerprint density at radius 2 is 1.81 bits per heavy atom. The molecule has 1 spiro atoms. The van der Waals surface area contributed by atoms with Gasteiger partial charge in [-0.2, -0.15) is 5.10 Å². The number of amides is 1. The highest BCUT2D eigenvalue weighted by atomic mass is 16.2. The molecule has 5 nitrogen and oxygen atoms in total. The molecule has 0 aromatic carbocycles. The molecule has 1 aromatic heterocycles. The van der Waals surface area contributed by atoms with Crippen LogP contribution in [-0.4, -0.2) is 51.7 Å². The van der Waals surface area contributed by atoms with Crippen molar-refractivity contribution in [2.24, 2.45) is 10.8 Å². The molecule has 3 heterocycles. The molecule has 2 saturated heterocycles. The summed E-state index contributed by atoms with van der Waals surface area (Å²) >= 11 is 0. The van der Waals surface area contributed by atoms with Crippen molar-refractivity contribution < 1.29 is 4.79 Å². The van der Waals surface area contributed by atoms with Gasteiger partial charge in [0.15, 0.2) is 0 Å². The first-order valence-corrected chi connectivity index (χ1v) is 10.4. The van der Waals surface area contributed by atoms with E-state index in [0.717, 1.165) is 39.3 Å². The average molecular weight is 373 g/mol. The summed E-state index contributed by atoms with van der Waals surface area (Å²) in [6, 6.07) is 0. The van der Waals surface area contributed by atoms with Crippen LogP contribution < -0.4 is 0 Å². The van der Waals surface area contributed by atoms with Gasteiger partial charge in [0, 0.05) is 37.8 Å². The van der Waals surface area contributed by atoms with Crippen LogP contribution in [0.4, 0.5) is 0 Å². The summed E-state index contributed by atoms with van der Waals surface area (Å²) in [5.41, 5.74) is 1.83. The minimum absolute atomic E-state index is 0.0804. The molecule has 0 bridgehead atoms. The van der Waals surface area contributed by atoms with Crippen LogP contribution in [0.1, 0.15) is 58.4 Å². The van der Waals surface area contributed by atoms with E-state index in [1.165, 1.54) is 31.2 Å². The van der Waals surface area contributed by atoms with Crippen LogP contribution in [0.2, 0.25) is 0 Å². The summed E-state index contributed by atoms with van der Waals surface area (Å²) in [4.78, 5) is 17.2. The van der Waals surface area contributed by atoms with Crippen LogP contribution in [0.25, 0.3) is 0 Å². The highest BCUT2D eigenvalue weighted by Gasteiger charge is 2.38. The monoisotopic (exact) mass is 372 g/mol. The molecule has 3 rings (SSSR count). The lowest BCUT2D eigenvalue weighted by Crippen LogP contribution is -2.48. The van der Waals surface area contributed by atoms with Crippen molar-refractivity contribution in [2.45, 2.75) is 66.0 Å². The summed E-state index contributed by atoms with van der Waals surface area (Å²) < 4.78 is 1.94. The molecule has 0 radical (unpaired) electrons. The molecule has 150 valence electrons. The first kappa shape index (κ1) is 20.1. The Morgan fingerprint density at radius 3 is 2.41 bits per heavy atom. The molecule has 5 heteroatoms. The smallest absolute Gasteiger partial charge is 0.223 e. The number of hydrogen-bond donors (Lipinski definition) is 0. The Labute approximate surface area is 164 Å². The van der Waals surface area contributed by atoms with Crippen molar-refractivity contribution in [2.75, 3.05) is 26.2 Å². The van der Waals surface area contributed by atoms with Crippen LogP contribution >= 0.6 is 0 Å². The SMILES string of the molecule is C=CCn1cc(CN2CCC3(CC2)CCN(C(=O)CC(C)(C)C)CC3)cn1. The molecule has 0 unspecified atom stereocenters. The van der Waals surface area contributed by atoms with Crippen molar-refractivity contribution in [1.29, 1.82) is 0 Å². The largest absolute Gasteiger partial charge is 0.343 e. The van der Waals surface area contributed by atoms with Crippen molar-refractivity contribution >= 4 is 5.91 Å². The zero-order chi connectivity index (χ0) is 19.5. The zero-order valence-electron chi connectivity index (χ0n) is 17.4. The molecule has 0 N–H and O–H groups in total. The lowest BCUT2D eigenvalue weighted by Gasteiger charge is -2.47. The van der Waals surface area contributed by atoms with E-state index in [-0.39, 0.29) is 5.41 Å². The van der Waals surface area contributed by atoms with Gasteiger partial charge in [-0.3, -0.25) is 14.4 Å². The first-order chi connectivity index (χ1) is 12.8. The maximum Gasteiger partial charge on any atom is 0.223 e. The van der Waals surface area contributed by atoms with E-state index >= 15 is 0 Å². The number of carbonyl (C=O) groups is 1. The predicted molar refractivity (Wildman–Crippen MR) is 109 cm³/mol. The third kappa shape index (κ3) is 5.44. The maximum absolute atomic E-state index is 12.5. The van der Waals surface area contributed by atoms with E-state index < -0.39 is 0 Å². The van der Waals surface area contributed by atoms with Gasteiger partial charge >= 0.3 is 0 Å². The van der Waals surface area contributed by atoms with Crippen LogP contribution in [0.5, 0.6) is 0 Å². The number of likely N-dealkylation sites (tertiary alicyclic amines) is 2. The summed E-state index contributed by atoms with van der Waals surface area (Å²) in [6.07, 6.45) is 11.5. The molecule has 2 aliphatic heterocycles. The fourth-order valence-corrected chi connectivity index (χ4v) is 4.46.